The lowest BCUT2D eigenvalue weighted by molar-refractivity contribution is 0.0677. The van der Waals surface area contributed by atoms with Crippen molar-refractivity contribution in [3.63, 3.8) is 0 Å². The van der Waals surface area contributed by atoms with Crippen LogP contribution >= 0.6 is 0 Å². The molecule has 0 saturated heterocycles. The minimum Gasteiger partial charge on any atom is -0.478 e. The summed E-state index contributed by atoms with van der Waals surface area (Å²) in [6.07, 6.45) is 0. The average Bonchev–Trinajstić information content (AvgIpc) is 2.15. The predicted octanol–water partition coefficient (Wildman–Crippen LogP) is 0.492. The van der Waals surface area contributed by atoms with Crippen molar-refractivity contribution in [1.29, 1.82) is 0 Å². The van der Waals surface area contributed by atoms with Gasteiger partial charge in [0.05, 0.1) is 11.1 Å². The van der Waals surface area contributed by atoms with E-state index in [9.17, 15) is 18.0 Å². The number of carbonyl (C=O) groups is 2. The monoisotopic (exact) mass is 263 g/mol. The third-order valence-electron chi connectivity index (χ3n) is 1.74. The molecular weight excluding hydrogens is 254 g/mol. The molecule has 0 bridgehead atoms. The molecule has 94 valence electrons. The number of carboxylic acids is 2. The first-order chi connectivity index (χ1) is 7.23. The second-order valence-electron chi connectivity index (χ2n) is 2.80. The summed E-state index contributed by atoms with van der Waals surface area (Å²) in [5.41, 5.74) is -1.12. The van der Waals surface area contributed by atoms with Crippen LogP contribution in [0.3, 0.4) is 0 Å². The Balaban J connectivity index is 0.00000256. The molecule has 0 atom stereocenters. The van der Waals surface area contributed by atoms with E-state index in [-0.39, 0.29) is 6.15 Å². The van der Waals surface area contributed by atoms with Gasteiger partial charge in [0.2, 0.25) is 0 Å². The van der Waals surface area contributed by atoms with Gasteiger partial charge < -0.3 is 16.4 Å². The molecule has 1 aromatic rings. The van der Waals surface area contributed by atoms with E-state index >= 15 is 0 Å². The summed E-state index contributed by atoms with van der Waals surface area (Å²) in [7, 11) is -4.78. The second-order valence-corrected chi connectivity index (χ2v) is 4.19. The van der Waals surface area contributed by atoms with Crippen molar-refractivity contribution in [1.82, 2.24) is 6.15 Å². The van der Waals surface area contributed by atoms with Crippen LogP contribution < -0.4 is 6.15 Å². The quantitative estimate of drug-likeness (QED) is 0.572. The zero-order valence-electron chi connectivity index (χ0n) is 8.32. The van der Waals surface area contributed by atoms with Crippen LogP contribution in [0.1, 0.15) is 20.7 Å². The lowest BCUT2D eigenvalue weighted by Gasteiger charge is -2.03. The van der Waals surface area contributed by atoms with Crippen molar-refractivity contribution >= 4 is 22.1 Å². The Morgan fingerprint density at radius 1 is 1.06 bits per heavy atom. The van der Waals surface area contributed by atoms with E-state index in [4.69, 9.17) is 14.8 Å². The maximum atomic E-state index is 10.8. The topological polar surface area (TPSA) is 164 Å². The molecule has 0 heterocycles. The van der Waals surface area contributed by atoms with Gasteiger partial charge in [-0.15, -0.1) is 0 Å². The molecule has 9 heteroatoms. The second kappa shape index (κ2) is 4.91. The Hall–Kier alpha value is -1.97. The molecule has 8 nitrogen and oxygen atoms in total. The van der Waals surface area contributed by atoms with Gasteiger partial charge in [-0.1, -0.05) is 0 Å². The SMILES string of the molecule is N.O=C(O)c1ccc(C(=O)O)c(S(=O)(=O)O)c1. The summed E-state index contributed by atoms with van der Waals surface area (Å²) >= 11 is 0. The van der Waals surface area contributed by atoms with Crippen LogP contribution in [-0.2, 0) is 10.1 Å². The van der Waals surface area contributed by atoms with Gasteiger partial charge in [0.25, 0.3) is 10.1 Å². The fourth-order valence-electron chi connectivity index (χ4n) is 1.05. The maximum Gasteiger partial charge on any atom is 0.337 e. The van der Waals surface area contributed by atoms with Crippen molar-refractivity contribution in [3.05, 3.63) is 29.3 Å². The van der Waals surface area contributed by atoms with E-state index in [0.717, 1.165) is 12.1 Å². The molecule has 17 heavy (non-hydrogen) atoms. The third kappa shape index (κ3) is 3.24. The van der Waals surface area contributed by atoms with Crippen LogP contribution in [-0.4, -0.2) is 35.1 Å². The molecule has 0 radical (unpaired) electrons. The highest BCUT2D eigenvalue weighted by Crippen LogP contribution is 2.17. The van der Waals surface area contributed by atoms with E-state index in [1.54, 1.807) is 0 Å². The molecule has 0 saturated carbocycles. The summed E-state index contributed by atoms with van der Waals surface area (Å²) in [5, 5.41) is 17.2. The van der Waals surface area contributed by atoms with Gasteiger partial charge in [-0.05, 0) is 18.2 Å². The number of carboxylic acid groups (broad SMARTS) is 2. The van der Waals surface area contributed by atoms with Crippen LogP contribution in [0.25, 0.3) is 0 Å². The largest absolute Gasteiger partial charge is 0.478 e. The van der Waals surface area contributed by atoms with E-state index < -0.39 is 38.1 Å². The molecule has 1 aromatic carbocycles. The van der Waals surface area contributed by atoms with Crippen LogP contribution in [0, 0.1) is 0 Å². The van der Waals surface area contributed by atoms with E-state index in [1.807, 2.05) is 0 Å². The number of aromatic carboxylic acids is 2. The first-order valence-corrected chi connectivity index (χ1v) is 5.25. The number of hydrogen-bond acceptors (Lipinski definition) is 5. The van der Waals surface area contributed by atoms with Crippen molar-refractivity contribution < 1.29 is 32.8 Å². The summed E-state index contributed by atoms with van der Waals surface area (Å²) in [5.74, 6) is -3.01. The number of benzene rings is 1. The van der Waals surface area contributed by atoms with Crippen LogP contribution in [0.15, 0.2) is 23.1 Å². The van der Waals surface area contributed by atoms with Gasteiger partial charge in [-0.2, -0.15) is 8.42 Å². The first kappa shape index (κ1) is 15.0. The van der Waals surface area contributed by atoms with Crippen molar-refractivity contribution in [2.24, 2.45) is 0 Å². The molecule has 1 rings (SSSR count). The molecule has 0 aliphatic rings. The van der Waals surface area contributed by atoms with Crippen LogP contribution in [0.2, 0.25) is 0 Å². The lowest BCUT2D eigenvalue weighted by atomic mass is 10.1. The first-order valence-electron chi connectivity index (χ1n) is 3.81. The van der Waals surface area contributed by atoms with Gasteiger partial charge in [0, 0.05) is 0 Å². The Labute approximate surface area is 95.8 Å². The molecule has 0 fully saturated rings. The minimum absolute atomic E-state index is 0. The molecular formula is C8H9NO7S. The normalized spacial score (nSPS) is 10.4. The standard InChI is InChI=1S/C8H6O7S.H3N/c9-7(10)4-1-2-5(8(11)12)6(3-4)16(13,14)15;/h1-3H,(H,9,10)(H,11,12)(H,13,14,15);1H3. The minimum atomic E-state index is -4.78. The summed E-state index contributed by atoms with van der Waals surface area (Å²) in [4.78, 5) is 20.2. The van der Waals surface area contributed by atoms with E-state index in [1.165, 1.54) is 0 Å². The molecule has 0 amide bonds. The molecule has 0 unspecified atom stereocenters. The number of hydrogen-bond donors (Lipinski definition) is 4. The van der Waals surface area contributed by atoms with Gasteiger partial charge in [0.15, 0.2) is 0 Å². The summed E-state index contributed by atoms with van der Waals surface area (Å²) < 4.78 is 30.4. The smallest absolute Gasteiger partial charge is 0.337 e. The fraction of sp³-hybridized carbons (Fsp3) is 0. The predicted molar refractivity (Wildman–Crippen MR) is 55.2 cm³/mol. The summed E-state index contributed by atoms with van der Waals surface area (Å²) in [6.45, 7) is 0. The van der Waals surface area contributed by atoms with Crippen molar-refractivity contribution in [2.45, 2.75) is 4.90 Å². The zero-order valence-corrected chi connectivity index (χ0v) is 9.14. The molecule has 0 aliphatic heterocycles. The van der Waals surface area contributed by atoms with E-state index in [2.05, 4.69) is 0 Å². The Kier molecular flexibility index (Phi) is 4.34. The highest BCUT2D eigenvalue weighted by atomic mass is 32.2. The fourth-order valence-corrected chi connectivity index (χ4v) is 1.75. The van der Waals surface area contributed by atoms with Gasteiger partial charge in [-0.3, -0.25) is 4.55 Å². The van der Waals surface area contributed by atoms with Crippen LogP contribution in [0.5, 0.6) is 0 Å². The van der Waals surface area contributed by atoms with Gasteiger partial charge in [0.1, 0.15) is 4.90 Å². The lowest BCUT2D eigenvalue weighted by Crippen LogP contribution is -2.10. The average molecular weight is 263 g/mol. The highest BCUT2D eigenvalue weighted by Gasteiger charge is 2.21. The van der Waals surface area contributed by atoms with Gasteiger partial charge >= 0.3 is 11.9 Å². The third-order valence-corrected chi connectivity index (χ3v) is 2.63. The molecule has 0 spiro atoms. The molecule has 6 N–H and O–H groups in total. The summed E-state index contributed by atoms with van der Waals surface area (Å²) in [6, 6.07) is 2.32. The highest BCUT2D eigenvalue weighted by molar-refractivity contribution is 7.86. The van der Waals surface area contributed by atoms with Gasteiger partial charge in [-0.25, -0.2) is 9.59 Å². The Bertz CT molecular complexity index is 563. The zero-order chi connectivity index (χ0) is 12.5. The van der Waals surface area contributed by atoms with E-state index in [0.29, 0.717) is 6.07 Å². The van der Waals surface area contributed by atoms with Crippen molar-refractivity contribution in [2.75, 3.05) is 0 Å². The van der Waals surface area contributed by atoms with Crippen molar-refractivity contribution in [3.8, 4) is 0 Å². The Morgan fingerprint density at radius 2 is 1.59 bits per heavy atom. The molecule has 0 aliphatic carbocycles. The Morgan fingerprint density at radius 3 is 1.94 bits per heavy atom. The molecule has 0 aromatic heterocycles. The number of rotatable bonds is 3. The maximum absolute atomic E-state index is 10.8. The van der Waals surface area contributed by atoms with Crippen LogP contribution in [0.4, 0.5) is 0 Å².